The van der Waals surface area contributed by atoms with E-state index in [2.05, 4.69) is 0 Å². The third-order valence-electron chi connectivity index (χ3n) is 5.36. The smallest absolute Gasteiger partial charge is 0.207 e. The molecule has 1 aromatic carbocycles. The molecule has 2 aliphatic heterocycles. The van der Waals surface area contributed by atoms with Crippen molar-refractivity contribution in [2.45, 2.75) is 61.9 Å². The molecular formula is C17H20FNO2S. The first-order chi connectivity index (χ1) is 10.6. The molecule has 1 aliphatic carbocycles. The predicted molar refractivity (Wildman–Crippen MR) is 82.3 cm³/mol. The van der Waals surface area contributed by atoms with Crippen LogP contribution in [0.5, 0.6) is 0 Å². The SMILES string of the molecule is O=S(=O)(c1ccc(F)cc1)N1C2CCC1CC(=C1CCC1)C2. The maximum absolute atomic E-state index is 13.1. The Hall–Kier alpha value is -1.20. The summed E-state index contributed by atoms with van der Waals surface area (Å²) in [6.07, 6.45) is 7.38. The number of rotatable bonds is 2. The van der Waals surface area contributed by atoms with Crippen molar-refractivity contribution in [2.75, 3.05) is 0 Å². The van der Waals surface area contributed by atoms with Gasteiger partial charge in [-0.25, -0.2) is 12.8 Å². The van der Waals surface area contributed by atoms with Crippen LogP contribution in [0.3, 0.4) is 0 Å². The molecule has 3 aliphatic rings. The van der Waals surface area contributed by atoms with E-state index in [1.165, 1.54) is 49.1 Å². The number of allylic oxidation sites excluding steroid dienone is 1. The van der Waals surface area contributed by atoms with Crippen LogP contribution >= 0.6 is 0 Å². The first kappa shape index (κ1) is 14.4. The van der Waals surface area contributed by atoms with Crippen LogP contribution in [0.4, 0.5) is 4.39 Å². The average molecular weight is 321 g/mol. The molecule has 3 fully saturated rings. The van der Waals surface area contributed by atoms with Crippen LogP contribution in [-0.2, 0) is 10.0 Å². The predicted octanol–water partition coefficient (Wildman–Crippen LogP) is 3.62. The number of nitrogens with zero attached hydrogens (tertiary/aromatic N) is 1. The summed E-state index contributed by atoms with van der Waals surface area (Å²) in [6, 6.07) is 5.39. The zero-order chi connectivity index (χ0) is 15.3. The van der Waals surface area contributed by atoms with Gasteiger partial charge in [0.15, 0.2) is 0 Å². The number of hydrogen-bond acceptors (Lipinski definition) is 2. The molecule has 2 heterocycles. The van der Waals surface area contributed by atoms with Crippen LogP contribution in [0.25, 0.3) is 0 Å². The number of sulfonamides is 1. The summed E-state index contributed by atoms with van der Waals surface area (Å²) in [5.41, 5.74) is 3.10. The van der Waals surface area contributed by atoms with E-state index in [1.54, 1.807) is 9.88 Å². The van der Waals surface area contributed by atoms with Crippen LogP contribution in [0.1, 0.15) is 44.9 Å². The summed E-state index contributed by atoms with van der Waals surface area (Å²) in [5, 5.41) is 0. The monoisotopic (exact) mass is 321 g/mol. The molecule has 3 nitrogen and oxygen atoms in total. The van der Waals surface area contributed by atoms with Gasteiger partial charge in [0.25, 0.3) is 0 Å². The molecule has 118 valence electrons. The van der Waals surface area contributed by atoms with Crippen molar-refractivity contribution in [3.05, 3.63) is 41.2 Å². The van der Waals surface area contributed by atoms with E-state index in [0.717, 1.165) is 25.7 Å². The molecule has 0 aromatic heterocycles. The summed E-state index contributed by atoms with van der Waals surface area (Å²) >= 11 is 0. The van der Waals surface area contributed by atoms with Gasteiger partial charge in [0.2, 0.25) is 10.0 Å². The number of fused-ring (bicyclic) bond motifs is 2. The number of benzene rings is 1. The molecule has 5 heteroatoms. The Labute approximate surface area is 130 Å². The summed E-state index contributed by atoms with van der Waals surface area (Å²) in [5.74, 6) is -0.405. The highest BCUT2D eigenvalue weighted by molar-refractivity contribution is 7.89. The van der Waals surface area contributed by atoms with Gasteiger partial charge in [-0.2, -0.15) is 4.31 Å². The summed E-state index contributed by atoms with van der Waals surface area (Å²) in [7, 11) is -3.51. The van der Waals surface area contributed by atoms with Gasteiger partial charge in [0.1, 0.15) is 5.82 Å². The van der Waals surface area contributed by atoms with Gasteiger partial charge in [-0.1, -0.05) is 11.1 Å². The van der Waals surface area contributed by atoms with E-state index in [4.69, 9.17) is 0 Å². The minimum Gasteiger partial charge on any atom is -0.207 e. The molecule has 2 bridgehead atoms. The van der Waals surface area contributed by atoms with Gasteiger partial charge in [0, 0.05) is 12.1 Å². The van der Waals surface area contributed by atoms with Gasteiger partial charge in [-0.15, -0.1) is 0 Å². The first-order valence-corrected chi connectivity index (χ1v) is 9.48. The zero-order valence-electron chi connectivity index (χ0n) is 12.5. The quantitative estimate of drug-likeness (QED) is 0.780. The lowest BCUT2D eigenvalue weighted by Crippen LogP contribution is -2.44. The average Bonchev–Trinajstić information content (AvgIpc) is 2.70. The highest BCUT2D eigenvalue weighted by Crippen LogP contribution is 2.45. The molecule has 2 atom stereocenters. The van der Waals surface area contributed by atoms with E-state index in [1.807, 2.05) is 0 Å². The Balaban J connectivity index is 1.65. The van der Waals surface area contributed by atoms with Crippen LogP contribution in [0.15, 0.2) is 40.3 Å². The largest absolute Gasteiger partial charge is 0.243 e. The lowest BCUT2D eigenvalue weighted by Gasteiger charge is -2.37. The topological polar surface area (TPSA) is 37.4 Å². The van der Waals surface area contributed by atoms with Gasteiger partial charge in [-0.05, 0) is 69.2 Å². The molecule has 0 N–H and O–H groups in total. The zero-order valence-corrected chi connectivity index (χ0v) is 13.3. The van der Waals surface area contributed by atoms with Crippen molar-refractivity contribution in [3.63, 3.8) is 0 Å². The molecule has 1 aromatic rings. The summed E-state index contributed by atoms with van der Waals surface area (Å²) in [4.78, 5) is 0.213. The Morgan fingerprint density at radius 3 is 2.05 bits per heavy atom. The second kappa shape index (κ2) is 5.17. The molecule has 22 heavy (non-hydrogen) atoms. The Morgan fingerprint density at radius 2 is 1.55 bits per heavy atom. The standard InChI is InChI=1S/C17H20FNO2S/c18-14-4-8-17(9-5-14)22(20,21)19-15-6-7-16(19)11-13(10-15)12-2-1-3-12/h4-5,8-9,15-16H,1-3,6-7,10-11H2. The minimum absolute atomic E-state index is 0.0944. The van der Waals surface area contributed by atoms with E-state index in [9.17, 15) is 12.8 Å². The van der Waals surface area contributed by atoms with Crippen molar-refractivity contribution < 1.29 is 12.8 Å². The second-order valence-electron chi connectivity index (χ2n) is 6.64. The normalized spacial score (nSPS) is 28.8. The number of piperidine rings is 1. The number of hydrogen-bond donors (Lipinski definition) is 0. The first-order valence-electron chi connectivity index (χ1n) is 8.04. The van der Waals surface area contributed by atoms with Crippen molar-refractivity contribution >= 4 is 10.0 Å². The van der Waals surface area contributed by atoms with Crippen molar-refractivity contribution in [3.8, 4) is 0 Å². The van der Waals surface area contributed by atoms with Crippen LogP contribution in [-0.4, -0.2) is 24.8 Å². The van der Waals surface area contributed by atoms with Crippen molar-refractivity contribution in [2.24, 2.45) is 0 Å². The highest BCUT2D eigenvalue weighted by Gasteiger charge is 2.46. The van der Waals surface area contributed by atoms with E-state index >= 15 is 0 Å². The van der Waals surface area contributed by atoms with Gasteiger partial charge in [0.05, 0.1) is 4.90 Å². The molecular weight excluding hydrogens is 301 g/mol. The maximum Gasteiger partial charge on any atom is 0.243 e. The fourth-order valence-electron chi connectivity index (χ4n) is 4.09. The Bertz CT molecular complexity index is 702. The molecule has 2 unspecified atom stereocenters. The third-order valence-corrected chi connectivity index (χ3v) is 7.38. The molecule has 2 saturated heterocycles. The fourth-order valence-corrected chi connectivity index (χ4v) is 5.96. The fraction of sp³-hybridized carbons (Fsp3) is 0.529. The summed E-state index contributed by atoms with van der Waals surface area (Å²) < 4.78 is 40.6. The van der Waals surface area contributed by atoms with Gasteiger partial charge < -0.3 is 0 Å². The number of halogens is 1. The molecule has 1 saturated carbocycles. The van der Waals surface area contributed by atoms with Crippen LogP contribution < -0.4 is 0 Å². The maximum atomic E-state index is 13.1. The van der Waals surface area contributed by atoms with Crippen molar-refractivity contribution in [1.82, 2.24) is 4.31 Å². The third kappa shape index (κ3) is 2.22. The minimum atomic E-state index is -3.51. The van der Waals surface area contributed by atoms with E-state index in [-0.39, 0.29) is 17.0 Å². The van der Waals surface area contributed by atoms with Crippen LogP contribution in [0.2, 0.25) is 0 Å². The van der Waals surface area contributed by atoms with Crippen molar-refractivity contribution in [1.29, 1.82) is 0 Å². The summed E-state index contributed by atoms with van der Waals surface area (Å²) in [6.45, 7) is 0. The van der Waals surface area contributed by atoms with E-state index in [0.29, 0.717) is 0 Å². The molecule has 0 radical (unpaired) electrons. The lowest BCUT2D eigenvalue weighted by molar-refractivity contribution is 0.281. The molecule has 0 amide bonds. The lowest BCUT2D eigenvalue weighted by atomic mass is 9.83. The molecule has 4 rings (SSSR count). The molecule has 0 spiro atoms. The highest BCUT2D eigenvalue weighted by atomic mass is 32.2. The van der Waals surface area contributed by atoms with Crippen LogP contribution in [0, 0.1) is 5.82 Å². The van der Waals surface area contributed by atoms with Gasteiger partial charge in [-0.3, -0.25) is 0 Å². The second-order valence-corrected chi connectivity index (χ2v) is 8.49. The Morgan fingerprint density at radius 1 is 0.955 bits per heavy atom. The van der Waals surface area contributed by atoms with E-state index < -0.39 is 15.8 Å². The Kier molecular flexibility index (Phi) is 3.38. The van der Waals surface area contributed by atoms with Gasteiger partial charge >= 0.3 is 0 Å².